The van der Waals surface area contributed by atoms with Crippen LogP contribution in [-0.2, 0) is 4.79 Å². The normalized spacial score (nSPS) is 11.9. The summed E-state index contributed by atoms with van der Waals surface area (Å²) >= 11 is 0. The van der Waals surface area contributed by atoms with E-state index in [0.717, 1.165) is 10.9 Å². The molecule has 6 rings (SSSR count). The predicted octanol–water partition coefficient (Wildman–Crippen LogP) is 5.18. The van der Waals surface area contributed by atoms with Gasteiger partial charge in [0.2, 0.25) is 0 Å². The Morgan fingerprint density at radius 1 is 0.947 bits per heavy atom. The fourth-order valence-corrected chi connectivity index (χ4v) is 4.64. The number of para-hydroxylation sites is 3. The predicted molar refractivity (Wildman–Crippen MR) is 147 cm³/mol. The molecule has 38 heavy (non-hydrogen) atoms. The van der Waals surface area contributed by atoms with Gasteiger partial charge in [-0.1, -0.05) is 30.3 Å². The van der Waals surface area contributed by atoms with Crippen LogP contribution >= 0.6 is 0 Å². The van der Waals surface area contributed by atoms with Crippen molar-refractivity contribution in [1.29, 1.82) is 0 Å². The molecular weight excluding hydrogens is 478 g/mol. The second kappa shape index (κ2) is 9.67. The molecule has 3 heterocycles. The van der Waals surface area contributed by atoms with Gasteiger partial charge < -0.3 is 15.0 Å². The molecule has 0 aliphatic heterocycles. The van der Waals surface area contributed by atoms with E-state index >= 15 is 0 Å². The molecule has 0 radical (unpaired) electrons. The molecule has 3 aromatic heterocycles. The van der Waals surface area contributed by atoms with E-state index in [2.05, 4.69) is 15.3 Å². The average Bonchev–Trinajstić information content (AvgIpc) is 3.39. The van der Waals surface area contributed by atoms with Crippen molar-refractivity contribution in [1.82, 2.24) is 19.5 Å². The van der Waals surface area contributed by atoms with Crippen molar-refractivity contribution < 1.29 is 9.53 Å². The number of ether oxygens (including phenoxy) is 1. The third-order valence-corrected chi connectivity index (χ3v) is 6.47. The molecule has 0 fully saturated rings. The van der Waals surface area contributed by atoms with E-state index in [1.165, 1.54) is 4.57 Å². The number of nitrogens with zero attached hydrogens (tertiary/aromatic N) is 3. The van der Waals surface area contributed by atoms with Gasteiger partial charge in [0.15, 0.2) is 5.69 Å². The van der Waals surface area contributed by atoms with Crippen LogP contribution in [0.3, 0.4) is 0 Å². The van der Waals surface area contributed by atoms with Crippen LogP contribution in [0.2, 0.25) is 0 Å². The first-order valence-electron chi connectivity index (χ1n) is 12.1. The minimum Gasteiger partial charge on any atom is -0.497 e. The van der Waals surface area contributed by atoms with E-state index in [-0.39, 0.29) is 17.2 Å². The highest BCUT2D eigenvalue weighted by atomic mass is 16.5. The second-order valence-electron chi connectivity index (χ2n) is 8.80. The number of hydrogen-bond acceptors (Lipinski definition) is 5. The SMILES string of the molecule is COc1ccc(NC(=O)C(c2ccncc2)n2c(=O)c(-c3cc4ccccc4[nH]3)nc3ccccc32)cc1. The van der Waals surface area contributed by atoms with Crippen LogP contribution in [0.15, 0.2) is 108 Å². The lowest BCUT2D eigenvalue weighted by molar-refractivity contribution is -0.118. The minimum absolute atomic E-state index is 0.233. The highest BCUT2D eigenvalue weighted by Gasteiger charge is 2.28. The third-order valence-electron chi connectivity index (χ3n) is 6.47. The van der Waals surface area contributed by atoms with Crippen molar-refractivity contribution in [3.8, 4) is 17.1 Å². The Morgan fingerprint density at radius 2 is 1.68 bits per heavy atom. The van der Waals surface area contributed by atoms with Crippen molar-refractivity contribution in [2.24, 2.45) is 0 Å². The number of anilines is 1. The van der Waals surface area contributed by atoms with Crippen LogP contribution < -0.4 is 15.6 Å². The molecule has 0 saturated carbocycles. The van der Waals surface area contributed by atoms with E-state index in [0.29, 0.717) is 33.7 Å². The lowest BCUT2D eigenvalue weighted by Crippen LogP contribution is -2.35. The molecule has 186 valence electrons. The summed E-state index contributed by atoms with van der Waals surface area (Å²) in [5.41, 5.74) is 3.66. The number of hydrogen-bond donors (Lipinski definition) is 2. The van der Waals surface area contributed by atoms with Gasteiger partial charge in [0.25, 0.3) is 11.5 Å². The summed E-state index contributed by atoms with van der Waals surface area (Å²) in [6.07, 6.45) is 3.21. The summed E-state index contributed by atoms with van der Waals surface area (Å²) in [4.78, 5) is 40.2. The van der Waals surface area contributed by atoms with Gasteiger partial charge in [-0.2, -0.15) is 0 Å². The first kappa shape index (κ1) is 23.2. The zero-order valence-corrected chi connectivity index (χ0v) is 20.5. The van der Waals surface area contributed by atoms with E-state index in [1.54, 1.807) is 62.0 Å². The Balaban J connectivity index is 1.55. The quantitative estimate of drug-likeness (QED) is 0.328. The standard InChI is InChI=1S/C30H23N5O3/c1-38-22-12-10-21(11-13-22)32-29(36)28(19-14-16-31-17-15-19)35-26-9-5-4-8-24(26)34-27(30(35)37)25-18-20-6-2-3-7-23(20)33-25/h2-18,28,33H,1H3,(H,32,36). The highest BCUT2D eigenvalue weighted by Crippen LogP contribution is 2.27. The molecule has 1 amide bonds. The van der Waals surface area contributed by atoms with Gasteiger partial charge in [-0.05, 0) is 66.2 Å². The van der Waals surface area contributed by atoms with Crippen LogP contribution in [0.1, 0.15) is 11.6 Å². The topological polar surface area (TPSA) is 102 Å². The first-order valence-corrected chi connectivity index (χ1v) is 12.1. The second-order valence-corrected chi connectivity index (χ2v) is 8.80. The van der Waals surface area contributed by atoms with Gasteiger partial charge in [0.05, 0.1) is 23.8 Å². The lowest BCUT2D eigenvalue weighted by Gasteiger charge is -2.22. The maximum Gasteiger partial charge on any atom is 0.280 e. The molecule has 0 aliphatic rings. The Kier molecular flexibility index (Phi) is 5.89. The van der Waals surface area contributed by atoms with Crippen molar-refractivity contribution in [2.45, 2.75) is 6.04 Å². The number of H-pyrrole nitrogens is 1. The summed E-state index contributed by atoms with van der Waals surface area (Å²) in [6, 6.07) is 26.5. The number of aromatic nitrogens is 4. The Labute approximate surface area is 217 Å². The summed E-state index contributed by atoms with van der Waals surface area (Å²) in [6.45, 7) is 0. The number of aromatic amines is 1. The van der Waals surface area contributed by atoms with Crippen LogP contribution in [-0.4, -0.2) is 32.5 Å². The Hall–Kier alpha value is -5.24. The van der Waals surface area contributed by atoms with Crippen LogP contribution in [0.5, 0.6) is 5.75 Å². The molecule has 8 nitrogen and oxygen atoms in total. The average molecular weight is 502 g/mol. The molecule has 0 spiro atoms. The molecule has 1 unspecified atom stereocenters. The molecular formula is C30H23N5O3. The maximum atomic E-state index is 14.2. The number of benzene rings is 3. The number of rotatable bonds is 6. The van der Waals surface area contributed by atoms with Crippen LogP contribution in [0.25, 0.3) is 33.3 Å². The van der Waals surface area contributed by atoms with Gasteiger partial charge in [0, 0.05) is 29.0 Å². The van der Waals surface area contributed by atoms with Gasteiger partial charge >= 0.3 is 0 Å². The van der Waals surface area contributed by atoms with Gasteiger partial charge in [-0.3, -0.25) is 19.1 Å². The van der Waals surface area contributed by atoms with Crippen molar-refractivity contribution >= 4 is 33.5 Å². The molecule has 0 bridgehead atoms. The fraction of sp³-hybridized carbons (Fsp3) is 0.0667. The number of methoxy groups -OCH3 is 1. The number of carbonyl (C=O) groups excluding carboxylic acids is 1. The van der Waals surface area contributed by atoms with E-state index in [1.807, 2.05) is 48.5 Å². The molecule has 8 heteroatoms. The molecule has 2 N–H and O–H groups in total. The largest absolute Gasteiger partial charge is 0.497 e. The van der Waals surface area contributed by atoms with Crippen LogP contribution in [0, 0.1) is 0 Å². The number of amides is 1. The molecule has 0 aliphatic carbocycles. The Morgan fingerprint density at radius 3 is 2.45 bits per heavy atom. The van der Waals surface area contributed by atoms with Crippen molar-refractivity contribution in [3.63, 3.8) is 0 Å². The fourth-order valence-electron chi connectivity index (χ4n) is 4.64. The molecule has 1 atom stereocenters. The zero-order valence-electron chi connectivity index (χ0n) is 20.5. The summed E-state index contributed by atoms with van der Waals surface area (Å²) in [5, 5.41) is 3.92. The van der Waals surface area contributed by atoms with Crippen LogP contribution in [0.4, 0.5) is 5.69 Å². The van der Waals surface area contributed by atoms with Gasteiger partial charge in [0.1, 0.15) is 11.8 Å². The van der Waals surface area contributed by atoms with Crippen molar-refractivity contribution in [2.75, 3.05) is 12.4 Å². The van der Waals surface area contributed by atoms with E-state index in [9.17, 15) is 9.59 Å². The van der Waals surface area contributed by atoms with Crippen molar-refractivity contribution in [3.05, 3.63) is 119 Å². The Bertz CT molecular complexity index is 1790. The maximum absolute atomic E-state index is 14.2. The first-order chi connectivity index (χ1) is 18.6. The molecule has 0 saturated heterocycles. The summed E-state index contributed by atoms with van der Waals surface area (Å²) in [5.74, 6) is 0.301. The smallest absolute Gasteiger partial charge is 0.280 e. The summed E-state index contributed by atoms with van der Waals surface area (Å²) in [7, 11) is 1.58. The monoisotopic (exact) mass is 501 g/mol. The lowest BCUT2D eigenvalue weighted by atomic mass is 10.1. The number of carbonyl (C=O) groups is 1. The van der Waals surface area contributed by atoms with Gasteiger partial charge in [-0.25, -0.2) is 4.98 Å². The number of nitrogens with one attached hydrogen (secondary N) is 2. The minimum atomic E-state index is -0.983. The highest BCUT2D eigenvalue weighted by molar-refractivity contribution is 5.97. The number of fused-ring (bicyclic) bond motifs is 2. The zero-order chi connectivity index (χ0) is 26.1. The van der Waals surface area contributed by atoms with E-state index in [4.69, 9.17) is 9.72 Å². The number of pyridine rings is 1. The molecule has 3 aromatic carbocycles. The summed E-state index contributed by atoms with van der Waals surface area (Å²) < 4.78 is 6.74. The third kappa shape index (κ3) is 4.18. The van der Waals surface area contributed by atoms with E-state index < -0.39 is 6.04 Å². The van der Waals surface area contributed by atoms with Gasteiger partial charge in [-0.15, -0.1) is 0 Å². The molecule has 6 aromatic rings.